The number of aromatic nitrogens is 4. The van der Waals surface area contributed by atoms with Crippen molar-refractivity contribution in [1.82, 2.24) is 69.5 Å². The van der Waals surface area contributed by atoms with Gasteiger partial charge in [-0.1, -0.05) is 124 Å². The lowest BCUT2D eigenvalue weighted by atomic mass is 9.82. The van der Waals surface area contributed by atoms with E-state index in [1.54, 1.807) is 120 Å². The highest BCUT2D eigenvalue weighted by Gasteiger charge is 2.53. The van der Waals surface area contributed by atoms with E-state index in [-0.39, 0.29) is 73.9 Å². The molecule has 3 saturated heterocycles. The van der Waals surface area contributed by atoms with Crippen LogP contribution in [0.2, 0.25) is 6.82 Å². The Morgan fingerprint density at radius 3 is 1.44 bits per heavy atom. The quantitative estimate of drug-likeness (QED) is 0.0364. The number of hydrogen-bond acceptors (Lipinski definition) is 26. The molecule has 5 unspecified atom stereocenters. The van der Waals surface area contributed by atoms with Crippen molar-refractivity contribution in [2.75, 3.05) is 125 Å². The molecule has 0 aliphatic carbocycles. The molecule has 9 aliphatic heterocycles. The average molecular weight is 2160 g/mol. The van der Waals surface area contributed by atoms with Crippen molar-refractivity contribution in [3.05, 3.63) is 152 Å². The van der Waals surface area contributed by atoms with E-state index in [4.69, 9.17) is 57.1 Å². The van der Waals surface area contributed by atoms with E-state index >= 15 is 0 Å². The molecule has 11 rings (SSSR count). The number of aliphatic hydroxyl groups is 1. The zero-order valence-electron chi connectivity index (χ0n) is 79.7. The molecule has 36 nitrogen and oxygen atoms in total. The van der Waals surface area contributed by atoms with Crippen LogP contribution in [0.25, 0.3) is 5.57 Å². The van der Waals surface area contributed by atoms with Gasteiger partial charge in [-0.3, -0.25) is 33.6 Å². The molecule has 4 bridgehead atoms. The molecule has 9 aliphatic rings. The number of β-amino-alcohol motifs (C(OH)–C–C–N with tert-alkyl or cyclic N) is 1. The minimum absolute atomic E-state index is 0.0104. The van der Waals surface area contributed by atoms with Crippen molar-refractivity contribution >= 4 is 153 Å². The van der Waals surface area contributed by atoms with Crippen LogP contribution in [0.4, 0.5) is 33.6 Å². The molecule has 3 N–H and O–H groups in total. The summed E-state index contributed by atoms with van der Waals surface area (Å²) in [6.45, 7) is 65.4. The Bertz CT molecular complexity index is 4370. The molecule has 2 aromatic rings. The lowest BCUT2D eigenvalue weighted by Crippen LogP contribution is -2.48. The van der Waals surface area contributed by atoms with Gasteiger partial charge in [-0.05, 0) is 173 Å². The summed E-state index contributed by atoms with van der Waals surface area (Å²) in [5.74, 6) is -0.105. The van der Waals surface area contributed by atoms with Gasteiger partial charge in [0, 0.05) is 114 Å². The number of aliphatic hydroxyl groups excluding tert-OH is 1. The zero-order chi connectivity index (χ0) is 99.1. The van der Waals surface area contributed by atoms with Crippen molar-refractivity contribution in [1.29, 1.82) is 0 Å². The van der Waals surface area contributed by atoms with Gasteiger partial charge in [0.1, 0.15) is 46.2 Å². The first kappa shape index (κ1) is 116. The largest absolute Gasteiger partial charge is 0.498 e. The fourth-order valence-corrected chi connectivity index (χ4v) is 13.8. The van der Waals surface area contributed by atoms with E-state index in [1.165, 1.54) is 24.5 Å². The Morgan fingerprint density at radius 1 is 0.550 bits per heavy atom. The monoisotopic (exact) mass is 2160 g/mol. The summed E-state index contributed by atoms with van der Waals surface area (Å²) < 4.78 is 49.9. The molecule has 11 heterocycles. The second-order valence-electron chi connectivity index (χ2n) is 36.2. The third kappa shape index (κ3) is 39.3. The molecule has 730 valence electrons. The van der Waals surface area contributed by atoms with Crippen LogP contribution in [0.5, 0.6) is 0 Å². The van der Waals surface area contributed by atoms with Gasteiger partial charge in [-0.2, -0.15) is 35.5 Å². The number of urea groups is 2. The number of hydrogen-bond donors (Lipinski definition) is 3. The van der Waals surface area contributed by atoms with E-state index < -0.39 is 77.8 Å². The van der Waals surface area contributed by atoms with Crippen molar-refractivity contribution in [2.45, 2.75) is 215 Å². The van der Waals surface area contributed by atoms with E-state index in [0.29, 0.717) is 102 Å². The fourth-order valence-electron chi connectivity index (χ4n) is 11.8. The maximum absolute atomic E-state index is 12.2. The van der Waals surface area contributed by atoms with Gasteiger partial charge in [-0.25, -0.2) is 33.6 Å². The predicted octanol–water partition coefficient (Wildman–Crippen LogP) is 14.6. The summed E-state index contributed by atoms with van der Waals surface area (Å²) in [6, 6.07) is -0.481. The number of amides is 8. The molecule has 3 fully saturated rings. The predicted molar refractivity (Wildman–Crippen MR) is 521 cm³/mol. The SMILES string of the molecule is C=CCOCC.C=CCON(C)C1CN(C(=O)OC(C)(C)C)CC=C1Br.C=CCON1C(=O)N2CC=C(Br)C1C2.C=CCON1C(=O)N2CC=C(c3cnn(B(C)O)c3)C1C2.C=CCONC1CN(C(=O)OC(C)(C)C)CC=C1Br.CC(C)(C)OC(=O)N1CC=C(Br)C(=O)C1.CC(C)(C)OC(=O)N1CC=C(Br)C(O)C1.CC(C)(C)OC(=O)n1cc(B2OC(C)(C)C(C)(C)O2)cn1. The number of ether oxygens (including phenoxy) is 6. The number of nitrogens with zero attached hydrogens (tertiary/aromatic N) is 13. The second-order valence-corrected chi connectivity index (χ2v) is 40.8. The number of halogens is 5. The summed E-state index contributed by atoms with van der Waals surface area (Å²) in [7, 11) is 0.617. The number of ketones is 1. The third-order valence-corrected chi connectivity index (χ3v) is 23.0. The molecular formula is C88H135B2Br5N14O22. The van der Waals surface area contributed by atoms with Crippen LogP contribution in [0.15, 0.2) is 147 Å². The fraction of sp³-hybridized carbons (Fsp3) is 0.591. The zero-order valence-corrected chi connectivity index (χ0v) is 87.7. The minimum Gasteiger partial charge on any atom is -0.444 e. The number of likely N-dealkylation sites (N-methyl/N-ethyl adjacent to an activating group) is 1. The van der Waals surface area contributed by atoms with Crippen molar-refractivity contribution in [2.24, 2.45) is 0 Å². The van der Waals surface area contributed by atoms with Crippen LogP contribution in [0.3, 0.4) is 0 Å². The molecule has 8 amide bonds. The second kappa shape index (κ2) is 53.1. The molecular weight excluding hydrogens is 2030 g/mol. The van der Waals surface area contributed by atoms with Crippen LogP contribution in [0.1, 0.15) is 144 Å². The molecule has 0 spiro atoms. The highest BCUT2D eigenvalue weighted by Crippen LogP contribution is 2.38. The van der Waals surface area contributed by atoms with Crippen molar-refractivity contribution in [3.63, 3.8) is 0 Å². The smallest absolute Gasteiger partial charge is 0.444 e. The van der Waals surface area contributed by atoms with Gasteiger partial charge < -0.3 is 72.4 Å². The van der Waals surface area contributed by atoms with E-state index in [1.807, 2.05) is 149 Å². The van der Waals surface area contributed by atoms with Gasteiger partial charge in [0.15, 0.2) is 5.78 Å². The first-order chi connectivity index (χ1) is 60.8. The molecule has 2 aromatic heterocycles. The Balaban J connectivity index is 0.000000318. The first-order valence-corrected chi connectivity index (χ1v) is 46.6. The normalized spacial score (nSPS) is 20.2. The highest BCUT2D eigenvalue weighted by molar-refractivity contribution is 9.12. The third-order valence-electron chi connectivity index (χ3n) is 18.8. The van der Waals surface area contributed by atoms with Crippen LogP contribution in [-0.4, -0.2) is 331 Å². The number of carbonyl (C=O) groups is 8. The summed E-state index contributed by atoms with van der Waals surface area (Å²) in [5, 5.41) is 31.8. The number of Topliss-reactive ketones (excluding diaryl/α,β-unsaturated/α-hetero) is 1. The standard InChI is InChI=1S/C14H23BN2O4.C14H23BrN2O3.C13H17BN4O3.C13H21BrN2O3.C10H16BrNO3.C10H14BrNO3.C9H11BrN2O2.C5H10O/c1-12(2,3)19-11(18)17-9-10(8-16-17)15-20-13(4,5)14(6,7)21-15;1-6-9-19-16(5)12-10-17(8-7-11(12)15)13(18)20-14(2,3)4;1-3-6-21-18-12-9-16(13(18)19)5-4-11(12)10-7-15-17(8-10)14(2)20;1-5-8-18-15-11-9-16(7-6-10(11)14)12(17)19-13(2,3)4;2*1-10(2,3)15-9(14)12-5-4-7(11)8(13)6-12;1-2-5-14-12-8-6-11(9(12)13)4-3-7(8)10;1-3-5-6-4-2/h8-9H,1-7H3;6-7,12H,1,8-10H2,2-5H3;3-4,7-8,12,20H,1,5-6,9H2,2H3;5-6,11,15H,1,7-9H2,2-4H3;4,8,13H,5-6H2,1-3H3;4H,5-6H2,1-3H3;2-3,8H,1,4-6H2;3H,1,4-5H2,2H3. The van der Waals surface area contributed by atoms with Crippen molar-refractivity contribution < 1.29 is 106 Å². The van der Waals surface area contributed by atoms with Gasteiger partial charge in [0.25, 0.3) is 0 Å². The Morgan fingerprint density at radius 2 is 0.985 bits per heavy atom. The molecule has 131 heavy (non-hydrogen) atoms. The van der Waals surface area contributed by atoms with Crippen LogP contribution < -0.4 is 10.9 Å². The Hall–Kier alpha value is -7.59. The minimum atomic E-state index is -0.683. The number of rotatable bonds is 20. The summed E-state index contributed by atoms with van der Waals surface area (Å²) in [6.07, 6.45) is 23.6. The van der Waals surface area contributed by atoms with Crippen LogP contribution in [0, 0.1) is 0 Å². The number of hydroxylamine groups is 7. The summed E-state index contributed by atoms with van der Waals surface area (Å²) in [4.78, 5) is 125. The Kier molecular flexibility index (Phi) is 46.9. The van der Waals surface area contributed by atoms with Gasteiger partial charge in [-0.15, -0.1) is 32.9 Å². The lowest BCUT2D eigenvalue weighted by molar-refractivity contribution is -0.151. The van der Waals surface area contributed by atoms with Crippen LogP contribution >= 0.6 is 79.6 Å². The first-order valence-electron chi connectivity index (χ1n) is 42.6. The lowest BCUT2D eigenvalue weighted by Gasteiger charge is -2.36. The maximum atomic E-state index is 12.2. The molecule has 0 radical (unpaired) electrons. The molecule has 0 aromatic carbocycles. The molecule has 43 heteroatoms. The van der Waals surface area contributed by atoms with Crippen molar-refractivity contribution in [3.8, 4) is 0 Å². The average Bonchev–Trinajstić information content (AvgIpc) is 1.61. The van der Waals surface area contributed by atoms with Gasteiger partial charge in [0.05, 0.1) is 93.2 Å². The molecule has 5 atom stereocenters. The topological polar surface area (TPSA) is 365 Å². The number of fused-ring (bicyclic) bond motifs is 4. The van der Waals surface area contributed by atoms with E-state index in [0.717, 1.165) is 40.4 Å². The summed E-state index contributed by atoms with van der Waals surface area (Å²) >= 11 is 16.8. The maximum Gasteiger partial charge on any atom is 0.498 e. The van der Waals surface area contributed by atoms with E-state index in [9.17, 15) is 48.5 Å². The Labute approximate surface area is 815 Å². The molecule has 0 saturated carbocycles. The van der Waals surface area contributed by atoms with Crippen LogP contribution in [-0.2, 0) is 61.9 Å². The number of carbonyl (C=O) groups excluding carboxylic acids is 8. The van der Waals surface area contributed by atoms with Gasteiger partial charge in [0.2, 0.25) is 0 Å². The summed E-state index contributed by atoms with van der Waals surface area (Å²) in [5.41, 5.74) is 2.04. The highest BCUT2D eigenvalue weighted by atomic mass is 79.9. The van der Waals surface area contributed by atoms with E-state index in [2.05, 4.69) is 128 Å². The number of nitrogens with one attached hydrogen (secondary N) is 1. The van der Waals surface area contributed by atoms with Gasteiger partial charge >= 0.3 is 56.7 Å².